The second-order valence-corrected chi connectivity index (χ2v) is 17.6. The minimum absolute atomic E-state index is 0.0402. The molecule has 1 fully saturated rings. The van der Waals surface area contributed by atoms with Crippen molar-refractivity contribution < 1.29 is 63.1 Å². The van der Waals surface area contributed by atoms with Crippen molar-refractivity contribution in [2.45, 2.75) is 211 Å². The van der Waals surface area contributed by atoms with Gasteiger partial charge in [-0.25, -0.2) is 4.57 Å². The molecule has 14 heteroatoms. The van der Waals surface area contributed by atoms with E-state index in [2.05, 4.69) is 80.7 Å². The van der Waals surface area contributed by atoms with Crippen LogP contribution in [0.4, 0.5) is 0 Å². The van der Waals surface area contributed by atoms with Crippen LogP contribution in [-0.4, -0.2) is 98.3 Å². The highest BCUT2D eigenvalue weighted by molar-refractivity contribution is 7.47. The number of phosphoric acid groups is 1. The lowest BCUT2D eigenvalue weighted by atomic mass is 9.85. The number of hydrogen-bond acceptors (Lipinski definition) is 12. The highest BCUT2D eigenvalue weighted by atomic mass is 31.2. The number of phosphoric ester groups is 1. The van der Waals surface area contributed by atoms with E-state index in [1.54, 1.807) is 0 Å². The fourth-order valence-corrected chi connectivity index (χ4v) is 7.69. The van der Waals surface area contributed by atoms with Gasteiger partial charge in [-0.3, -0.25) is 18.6 Å². The second-order valence-electron chi connectivity index (χ2n) is 16.2. The molecule has 0 heterocycles. The smallest absolute Gasteiger partial charge is 0.462 e. The van der Waals surface area contributed by atoms with Gasteiger partial charge in [0.1, 0.15) is 43.2 Å². The van der Waals surface area contributed by atoms with Crippen LogP contribution < -0.4 is 0 Å². The Kier molecular flexibility index (Phi) is 35.7. The molecule has 0 bridgehead atoms. The SMILES string of the molecule is CC/C=C/C/C=C/C/C=C/C/C=C/CCCCC(=O)O[C@@H](COC(=O)CCCCCCCCCCC/C=C/C/C=C/CCCCC)COP(=O)(O)OC1C(O)C(O)C(O)[C@H](O)C1O. The molecular formula is C49H83O13P. The summed E-state index contributed by atoms with van der Waals surface area (Å²) >= 11 is 0. The maximum absolute atomic E-state index is 12.8. The van der Waals surface area contributed by atoms with Gasteiger partial charge in [-0.15, -0.1) is 0 Å². The van der Waals surface area contributed by atoms with E-state index in [0.717, 1.165) is 70.6 Å². The first-order valence-electron chi connectivity index (χ1n) is 23.7. The molecule has 1 aliphatic rings. The number of esters is 2. The Labute approximate surface area is 378 Å². The number of aliphatic hydroxyl groups excluding tert-OH is 5. The van der Waals surface area contributed by atoms with Crippen molar-refractivity contribution in [1.29, 1.82) is 0 Å². The lowest BCUT2D eigenvalue weighted by molar-refractivity contribution is -0.220. The van der Waals surface area contributed by atoms with Crippen molar-refractivity contribution in [3.8, 4) is 0 Å². The monoisotopic (exact) mass is 911 g/mol. The first-order valence-corrected chi connectivity index (χ1v) is 25.2. The molecule has 13 nitrogen and oxygen atoms in total. The maximum atomic E-state index is 12.8. The average Bonchev–Trinajstić information content (AvgIpc) is 3.26. The van der Waals surface area contributed by atoms with Gasteiger partial charge in [0.2, 0.25) is 0 Å². The minimum atomic E-state index is -5.14. The third kappa shape index (κ3) is 31.0. The third-order valence-electron chi connectivity index (χ3n) is 10.5. The normalized spacial score (nSPS) is 22.3. The summed E-state index contributed by atoms with van der Waals surface area (Å²) in [5.41, 5.74) is 0. The van der Waals surface area contributed by atoms with Crippen LogP contribution in [0.3, 0.4) is 0 Å². The van der Waals surface area contributed by atoms with E-state index in [1.807, 2.05) is 6.08 Å². The van der Waals surface area contributed by atoms with Crippen LogP contribution in [0.15, 0.2) is 72.9 Å². The molecule has 0 amide bonds. The van der Waals surface area contributed by atoms with E-state index in [-0.39, 0.29) is 12.8 Å². The Hall–Kier alpha value is -2.71. The summed E-state index contributed by atoms with van der Waals surface area (Å²) in [6.45, 7) is 3.12. The highest BCUT2D eigenvalue weighted by Gasteiger charge is 2.51. The van der Waals surface area contributed by atoms with E-state index in [9.17, 15) is 44.6 Å². The Morgan fingerprint density at radius 1 is 0.508 bits per heavy atom. The van der Waals surface area contributed by atoms with Gasteiger partial charge < -0.3 is 39.9 Å². The van der Waals surface area contributed by atoms with Crippen molar-refractivity contribution in [2.24, 2.45) is 0 Å². The Balaban J connectivity index is 2.46. The highest BCUT2D eigenvalue weighted by Crippen LogP contribution is 2.47. The van der Waals surface area contributed by atoms with Crippen LogP contribution in [0.2, 0.25) is 0 Å². The lowest BCUT2D eigenvalue weighted by Gasteiger charge is -2.41. The molecule has 63 heavy (non-hydrogen) atoms. The number of ether oxygens (including phenoxy) is 2. The molecule has 1 aliphatic carbocycles. The van der Waals surface area contributed by atoms with Crippen molar-refractivity contribution in [1.82, 2.24) is 0 Å². The van der Waals surface area contributed by atoms with Gasteiger partial charge in [-0.05, 0) is 83.5 Å². The molecule has 0 saturated heterocycles. The van der Waals surface area contributed by atoms with Crippen molar-refractivity contribution >= 4 is 19.8 Å². The fourth-order valence-electron chi connectivity index (χ4n) is 6.72. The zero-order valence-electron chi connectivity index (χ0n) is 38.3. The third-order valence-corrected chi connectivity index (χ3v) is 11.5. The summed E-state index contributed by atoms with van der Waals surface area (Å²) in [7, 11) is -5.14. The van der Waals surface area contributed by atoms with Crippen LogP contribution in [0.25, 0.3) is 0 Å². The van der Waals surface area contributed by atoms with Gasteiger partial charge in [0, 0.05) is 12.8 Å². The van der Waals surface area contributed by atoms with Crippen molar-refractivity contribution in [2.75, 3.05) is 13.2 Å². The number of carbonyl (C=O) groups is 2. The van der Waals surface area contributed by atoms with Crippen LogP contribution in [0, 0.1) is 0 Å². The van der Waals surface area contributed by atoms with Crippen LogP contribution in [0.1, 0.15) is 168 Å². The summed E-state index contributed by atoms with van der Waals surface area (Å²) in [6, 6.07) is 0. The van der Waals surface area contributed by atoms with Gasteiger partial charge in [0.25, 0.3) is 0 Å². The Morgan fingerprint density at radius 3 is 1.41 bits per heavy atom. The van der Waals surface area contributed by atoms with Crippen molar-refractivity contribution in [3.63, 3.8) is 0 Å². The molecule has 0 aromatic carbocycles. The first kappa shape index (κ1) is 58.3. The van der Waals surface area contributed by atoms with Crippen molar-refractivity contribution in [3.05, 3.63) is 72.9 Å². The molecular weight excluding hydrogens is 828 g/mol. The predicted molar refractivity (Wildman–Crippen MR) is 249 cm³/mol. The fraction of sp³-hybridized carbons (Fsp3) is 0.714. The molecule has 0 spiro atoms. The van der Waals surface area contributed by atoms with E-state index in [0.29, 0.717) is 19.3 Å². The minimum Gasteiger partial charge on any atom is -0.462 e. The van der Waals surface area contributed by atoms with Gasteiger partial charge in [0.15, 0.2) is 6.10 Å². The molecule has 0 aliphatic heterocycles. The number of unbranched alkanes of at least 4 members (excludes halogenated alkanes) is 14. The van der Waals surface area contributed by atoms with E-state index >= 15 is 0 Å². The first-order chi connectivity index (χ1) is 30.4. The number of carbonyl (C=O) groups excluding carboxylic acids is 2. The molecule has 0 aromatic heterocycles. The van der Waals surface area contributed by atoms with E-state index in [4.69, 9.17) is 18.5 Å². The number of aliphatic hydroxyl groups is 5. The summed E-state index contributed by atoms with van der Waals surface area (Å²) in [5, 5.41) is 50.2. The molecule has 0 radical (unpaired) electrons. The van der Waals surface area contributed by atoms with E-state index < -0.39 is 75.7 Å². The second kappa shape index (κ2) is 38.5. The predicted octanol–water partition coefficient (Wildman–Crippen LogP) is 9.50. The quantitative estimate of drug-likeness (QED) is 0.0148. The van der Waals surface area contributed by atoms with Crippen LogP contribution >= 0.6 is 7.82 Å². The van der Waals surface area contributed by atoms with Gasteiger partial charge in [0.05, 0.1) is 6.61 Å². The maximum Gasteiger partial charge on any atom is 0.472 e. The largest absolute Gasteiger partial charge is 0.472 e. The summed E-state index contributed by atoms with van der Waals surface area (Å²) in [6.07, 6.45) is 35.3. The summed E-state index contributed by atoms with van der Waals surface area (Å²) < 4.78 is 33.5. The molecule has 0 aromatic rings. The zero-order chi connectivity index (χ0) is 46.4. The van der Waals surface area contributed by atoms with Gasteiger partial charge in [-0.2, -0.15) is 0 Å². The Bertz CT molecular complexity index is 1380. The zero-order valence-corrected chi connectivity index (χ0v) is 39.2. The standard InChI is InChI=1S/C49H83O13P/c1-3-5-7-9-11-13-15-17-19-20-21-22-24-25-27-29-31-33-35-37-42(50)59-39-41(40-60-63(57,58)62-49-47(55)45(53)44(52)46(54)48(49)56)61-43(51)38-36-34-32-30-28-26-23-18-16-14-12-10-8-6-4-2/h6,8,11-14,17-19,23,28,30,41,44-49,52-56H,3-5,7,9-10,15-16,20-22,24-27,29,31-40H2,1-2H3,(H,57,58)/b8-6+,13-11+,14-12+,19-17+,23-18+,30-28+/t41-,44?,45-,46?,47?,48?,49?/m0/s1. The van der Waals surface area contributed by atoms with Crippen LogP contribution in [-0.2, 0) is 32.7 Å². The number of hydrogen-bond donors (Lipinski definition) is 6. The lowest BCUT2D eigenvalue weighted by Crippen LogP contribution is -2.64. The molecule has 6 N–H and O–H groups in total. The number of rotatable bonds is 38. The summed E-state index contributed by atoms with van der Waals surface area (Å²) in [5.74, 6) is -1.16. The average molecular weight is 911 g/mol. The molecule has 6 unspecified atom stereocenters. The molecule has 1 rings (SSSR count). The van der Waals surface area contributed by atoms with Crippen LogP contribution in [0.5, 0.6) is 0 Å². The topological polar surface area (TPSA) is 210 Å². The summed E-state index contributed by atoms with van der Waals surface area (Å²) in [4.78, 5) is 35.7. The van der Waals surface area contributed by atoms with Gasteiger partial charge in [-0.1, -0.05) is 145 Å². The number of allylic oxidation sites excluding steroid dienone is 12. The Morgan fingerprint density at radius 2 is 0.905 bits per heavy atom. The molecule has 8 atom stereocenters. The molecule has 362 valence electrons. The van der Waals surface area contributed by atoms with E-state index in [1.165, 1.54) is 51.4 Å². The van der Waals surface area contributed by atoms with Gasteiger partial charge >= 0.3 is 19.8 Å². The molecule has 1 saturated carbocycles.